The van der Waals surface area contributed by atoms with E-state index in [1.54, 1.807) is 0 Å². The van der Waals surface area contributed by atoms with Crippen molar-refractivity contribution in [3.05, 3.63) is 24.0 Å². The minimum absolute atomic E-state index is 0.291. The van der Waals surface area contributed by atoms with Crippen LogP contribution in [0.2, 0.25) is 0 Å². The molecule has 0 saturated carbocycles. The number of anilines is 1. The third-order valence-corrected chi connectivity index (χ3v) is 2.71. The van der Waals surface area contributed by atoms with Crippen molar-refractivity contribution >= 4 is 5.69 Å². The highest BCUT2D eigenvalue weighted by molar-refractivity contribution is 5.42. The summed E-state index contributed by atoms with van der Waals surface area (Å²) in [7, 11) is 0. The third-order valence-electron chi connectivity index (χ3n) is 2.71. The summed E-state index contributed by atoms with van der Waals surface area (Å²) >= 11 is 0. The normalized spacial score (nSPS) is 12.7. The van der Waals surface area contributed by atoms with Crippen LogP contribution in [-0.2, 0) is 11.3 Å². The average Bonchev–Trinajstić information content (AvgIpc) is 2.33. The van der Waals surface area contributed by atoms with Gasteiger partial charge in [0.05, 0.1) is 18.4 Å². The highest BCUT2D eigenvalue weighted by Gasteiger charge is 2.06. The molecule has 0 spiro atoms. The van der Waals surface area contributed by atoms with E-state index in [0.717, 1.165) is 30.8 Å². The fourth-order valence-electron chi connectivity index (χ4n) is 1.90. The number of nitrogens with one attached hydrogen (secondary N) is 1. The fraction of sp³-hybridized carbons (Fsp3) is 0.667. The molecular weight excluding hydrogens is 224 g/mol. The average molecular weight is 250 g/mol. The monoisotopic (exact) mass is 250 g/mol. The fourth-order valence-corrected chi connectivity index (χ4v) is 1.90. The van der Waals surface area contributed by atoms with E-state index in [1.165, 1.54) is 0 Å². The van der Waals surface area contributed by atoms with Gasteiger partial charge in [0, 0.05) is 18.4 Å². The lowest BCUT2D eigenvalue weighted by Gasteiger charge is -2.15. The van der Waals surface area contributed by atoms with Crippen LogP contribution in [0.1, 0.15) is 46.2 Å². The van der Waals surface area contributed by atoms with Crippen molar-refractivity contribution in [3.8, 4) is 0 Å². The van der Waals surface area contributed by atoms with E-state index < -0.39 is 0 Å². The third kappa shape index (κ3) is 6.01. The molecule has 0 amide bonds. The van der Waals surface area contributed by atoms with Gasteiger partial charge < -0.3 is 10.1 Å². The molecule has 18 heavy (non-hydrogen) atoms. The second-order valence-electron chi connectivity index (χ2n) is 5.21. The Kier molecular flexibility index (Phi) is 6.73. The van der Waals surface area contributed by atoms with Crippen LogP contribution in [0.15, 0.2) is 18.3 Å². The van der Waals surface area contributed by atoms with Gasteiger partial charge >= 0.3 is 0 Å². The van der Waals surface area contributed by atoms with Crippen LogP contribution in [0.4, 0.5) is 5.69 Å². The predicted molar refractivity (Wildman–Crippen MR) is 76.7 cm³/mol. The van der Waals surface area contributed by atoms with Crippen molar-refractivity contribution in [2.45, 2.75) is 53.2 Å². The summed E-state index contributed by atoms with van der Waals surface area (Å²) in [6.07, 6.45) is 4.34. The van der Waals surface area contributed by atoms with Crippen LogP contribution in [0.25, 0.3) is 0 Å². The van der Waals surface area contributed by atoms with Crippen LogP contribution in [0.3, 0.4) is 0 Å². The Balaban J connectivity index is 2.41. The summed E-state index contributed by atoms with van der Waals surface area (Å²) in [5.74, 6) is 0.672. The molecule has 0 fully saturated rings. The maximum Gasteiger partial charge on any atom is 0.0892 e. The van der Waals surface area contributed by atoms with E-state index in [-0.39, 0.29) is 0 Å². The molecule has 0 bridgehead atoms. The molecule has 102 valence electrons. The number of nitrogens with zero attached hydrogens (tertiary/aromatic N) is 1. The minimum atomic E-state index is 0.291. The lowest BCUT2D eigenvalue weighted by Crippen LogP contribution is -2.11. The molecule has 0 aliphatic rings. The number of pyridine rings is 1. The van der Waals surface area contributed by atoms with E-state index in [0.29, 0.717) is 18.6 Å². The van der Waals surface area contributed by atoms with Crippen LogP contribution in [0.5, 0.6) is 0 Å². The molecule has 1 rings (SSSR count). The topological polar surface area (TPSA) is 34.2 Å². The molecule has 1 aromatic heterocycles. The van der Waals surface area contributed by atoms with Crippen molar-refractivity contribution in [1.82, 2.24) is 4.98 Å². The Hall–Kier alpha value is -1.09. The van der Waals surface area contributed by atoms with Gasteiger partial charge in [0.2, 0.25) is 0 Å². The summed E-state index contributed by atoms with van der Waals surface area (Å²) in [6, 6.07) is 4.06. The zero-order valence-corrected chi connectivity index (χ0v) is 12.1. The molecule has 3 nitrogen and oxygen atoms in total. The van der Waals surface area contributed by atoms with Crippen LogP contribution in [-0.4, -0.2) is 17.6 Å². The molecule has 1 unspecified atom stereocenters. The summed E-state index contributed by atoms with van der Waals surface area (Å²) in [5.41, 5.74) is 2.12. The second kappa shape index (κ2) is 8.09. The minimum Gasteiger partial charge on any atom is -0.385 e. The van der Waals surface area contributed by atoms with Gasteiger partial charge in [0.15, 0.2) is 0 Å². The zero-order valence-electron chi connectivity index (χ0n) is 12.1. The van der Waals surface area contributed by atoms with E-state index >= 15 is 0 Å². The van der Waals surface area contributed by atoms with Crippen LogP contribution in [0, 0.1) is 5.92 Å². The van der Waals surface area contributed by atoms with Crippen LogP contribution >= 0.6 is 0 Å². The Morgan fingerprint density at radius 3 is 2.78 bits per heavy atom. The maximum atomic E-state index is 5.81. The molecular formula is C15H26N2O. The highest BCUT2D eigenvalue weighted by atomic mass is 16.5. The SMILES string of the molecule is CCCNc1ccnc(COC(C)CC(C)C)c1. The number of ether oxygens (including phenoxy) is 1. The van der Waals surface area contributed by atoms with Gasteiger partial charge in [-0.2, -0.15) is 0 Å². The highest BCUT2D eigenvalue weighted by Crippen LogP contribution is 2.12. The summed E-state index contributed by atoms with van der Waals surface area (Å²) < 4.78 is 5.81. The van der Waals surface area contributed by atoms with Gasteiger partial charge in [-0.05, 0) is 37.8 Å². The molecule has 3 heteroatoms. The molecule has 1 N–H and O–H groups in total. The summed E-state index contributed by atoms with van der Waals surface area (Å²) in [5, 5.41) is 3.36. The molecule has 0 saturated heterocycles. The Bertz CT molecular complexity index is 339. The molecule has 0 aromatic carbocycles. The Labute approximate surface area is 111 Å². The predicted octanol–water partition coefficient (Wildman–Crippen LogP) is 3.85. The standard InChI is InChI=1S/C15H26N2O/c1-5-7-16-14-6-8-17-15(10-14)11-18-13(4)9-12(2)3/h6,8,10,12-13H,5,7,9,11H2,1-4H3,(H,16,17). The van der Waals surface area contributed by atoms with Gasteiger partial charge in [-0.1, -0.05) is 20.8 Å². The molecule has 0 aliphatic carbocycles. The van der Waals surface area contributed by atoms with E-state index in [4.69, 9.17) is 4.74 Å². The Morgan fingerprint density at radius 2 is 2.11 bits per heavy atom. The molecule has 1 atom stereocenters. The van der Waals surface area contributed by atoms with Gasteiger partial charge in [0.25, 0.3) is 0 Å². The number of aromatic nitrogens is 1. The van der Waals surface area contributed by atoms with E-state index in [2.05, 4.69) is 44.1 Å². The smallest absolute Gasteiger partial charge is 0.0892 e. The van der Waals surface area contributed by atoms with Gasteiger partial charge in [-0.3, -0.25) is 4.98 Å². The van der Waals surface area contributed by atoms with E-state index in [9.17, 15) is 0 Å². The van der Waals surface area contributed by atoms with Crippen molar-refractivity contribution in [2.75, 3.05) is 11.9 Å². The first kappa shape index (κ1) is 15.0. The van der Waals surface area contributed by atoms with Crippen molar-refractivity contribution in [3.63, 3.8) is 0 Å². The van der Waals surface area contributed by atoms with Gasteiger partial charge in [-0.25, -0.2) is 0 Å². The van der Waals surface area contributed by atoms with Crippen molar-refractivity contribution < 1.29 is 4.74 Å². The lowest BCUT2D eigenvalue weighted by molar-refractivity contribution is 0.0379. The van der Waals surface area contributed by atoms with Crippen molar-refractivity contribution in [1.29, 1.82) is 0 Å². The number of rotatable bonds is 8. The largest absolute Gasteiger partial charge is 0.385 e. The molecule has 1 heterocycles. The summed E-state index contributed by atoms with van der Waals surface area (Å²) in [6.45, 7) is 10.3. The van der Waals surface area contributed by atoms with Crippen LogP contribution < -0.4 is 5.32 Å². The first-order chi connectivity index (χ1) is 8.61. The molecule has 0 aliphatic heterocycles. The van der Waals surface area contributed by atoms with E-state index in [1.807, 2.05) is 12.3 Å². The van der Waals surface area contributed by atoms with Gasteiger partial charge in [0.1, 0.15) is 0 Å². The summed E-state index contributed by atoms with van der Waals surface area (Å²) in [4.78, 5) is 4.33. The molecule has 1 aromatic rings. The second-order valence-corrected chi connectivity index (χ2v) is 5.21. The number of hydrogen-bond acceptors (Lipinski definition) is 3. The zero-order chi connectivity index (χ0) is 13.4. The number of hydrogen-bond donors (Lipinski definition) is 1. The first-order valence-corrected chi connectivity index (χ1v) is 6.92. The maximum absolute atomic E-state index is 5.81. The van der Waals surface area contributed by atoms with Gasteiger partial charge in [-0.15, -0.1) is 0 Å². The lowest BCUT2D eigenvalue weighted by atomic mass is 10.1. The first-order valence-electron chi connectivity index (χ1n) is 6.92. The Morgan fingerprint density at radius 1 is 1.33 bits per heavy atom. The quantitative estimate of drug-likeness (QED) is 0.761. The molecule has 0 radical (unpaired) electrons. The van der Waals surface area contributed by atoms with Crippen molar-refractivity contribution in [2.24, 2.45) is 5.92 Å².